The van der Waals surface area contributed by atoms with Crippen LogP contribution in [0.25, 0.3) is 0 Å². The lowest BCUT2D eigenvalue weighted by Gasteiger charge is -2.59. The quantitative estimate of drug-likeness (QED) is 0.605. The zero-order valence-electron chi connectivity index (χ0n) is 21.8. The van der Waals surface area contributed by atoms with Crippen molar-refractivity contribution in [1.82, 2.24) is 15.1 Å². The molecule has 2 saturated heterocycles. The van der Waals surface area contributed by atoms with Crippen molar-refractivity contribution in [3.05, 3.63) is 29.3 Å². The number of imide groups is 2. The number of hydrogen-bond acceptors (Lipinski definition) is 7. The minimum absolute atomic E-state index is 0.0922. The number of likely N-dealkylation sites (tertiary alicyclic amines) is 1. The first-order valence-electron chi connectivity index (χ1n) is 12.9. The van der Waals surface area contributed by atoms with Crippen molar-refractivity contribution in [2.24, 2.45) is 11.3 Å². The van der Waals surface area contributed by atoms with Gasteiger partial charge in [0, 0.05) is 38.5 Å². The molecule has 0 aromatic heterocycles. The van der Waals surface area contributed by atoms with Crippen LogP contribution in [-0.2, 0) is 14.3 Å². The van der Waals surface area contributed by atoms with E-state index < -0.39 is 35.3 Å². The van der Waals surface area contributed by atoms with E-state index in [1.165, 1.54) is 0 Å². The number of carbonyl (C=O) groups is 5. The number of anilines is 1. The van der Waals surface area contributed by atoms with Gasteiger partial charge in [-0.3, -0.25) is 29.4 Å². The Hall–Kier alpha value is -3.43. The van der Waals surface area contributed by atoms with Gasteiger partial charge in [-0.2, -0.15) is 0 Å². The molecular formula is C27H34N4O6. The molecule has 4 aliphatic rings. The third-order valence-corrected chi connectivity index (χ3v) is 7.88. The summed E-state index contributed by atoms with van der Waals surface area (Å²) < 4.78 is 5.46. The van der Waals surface area contributed by atoms with E-state index in [1.54, 1.807) is 17.0 Å². The molecule has 198 valence electrons. The van der Waals surface area contributed by atoms with E-state index in [4.69, 9.17) is 4.74 Å². The zero-order chi connectivity index (χ0) is 26.7. The second-order valence-corrected chi connectivity index (χ2v) is 12.0. The van der Waals surface area contributed by atoms with E-state index in [-0.39, 0.29) is 24.3 Å². The van der Waals surface area contributed by atoms with Gasteiger partial charge in [0.1, 0.15) is 11.6 Å². The minimum atomic E-state index is -0.975. The molecule has 1 unspecified atom stereocenters. The van der Waals surface area contributed by atoms with E-state index in [9.17, 15) is 24.0 Å². The van der Waals surface area contributed by atoms with Crippen molar-refractivity contribution in [2.75, 3.05) is 31.6 Å². The van der Waals surface area contributed by atoms with E-state index in [1.807, 2.05) is 38.8 Å². The number of benzene rings is 1. The predicted octanol–water partition coefficient (Wildman–Crippen LogP) is 2.56. The molecule has 1 saturated carbocycles. The standard InChI is InChI=1S/C27H34N4O6/c1-26(2,3)37-25(36)30-14-27(15-30)12-16(13-27)10-11-29(4)18-7-5-6-17-21(18)24(35)31(23(17)34)19-8-9-20(32)28-22(19)33/h5-7,16,19H,8-15H2,1-4H3,(H,28,32,33). The lowest BCUT2D eigenvalue weighted by Crippen LogP contribution is -2.64. The molecule has 5 amide bonds. The molecule has 1 aliphatic carbocycles. The average molecular weight is 511 g/mol. The maximum Gasteiger partial charge on any atom is 0.410 e. The smallest absolute Gasteiger partial charge is 0.410 e. The second kappa shape index (κ2) is 8.85. The molecule has 37 heavy (non-hydrogen) atoms. The van der Waals surface area contributed by atoms with Gasteiger partial charge in [-0.1, -0.05) is 6.07 Å². The van der Waals surface area contributed by atoms with Gasteiger partial charge in [-0.05, 0) is 64.5 Å². The zero-order valence-corrected chi connectivity index (χ0v) is 21.8. The third-order valence-electron chi connectivity index (χ3n) is 7.88. The van der Waals surface area contributed by atoms with Crippen molar-refractivity contribution in [1.29, 1.82) is 0 Å². The number of fused-ring (bicyclic) bond motifs is 1. The maximum atomic E-state index is 13.3. The number of nitrogens with zero attached hydrogens (tertiary/aromatic N) is 3. The Kier molecular flexibility index (Phi) is 6.03. The Labute approximate surface area is 216 Å². The highest BCUT2D eigenvalue weighted by molar-refractivity contribution is 6.25. The number of rotatable bonds is 5. The van der Waals surface area contributed by atoms with Gasteiger partial charge >= 0.3 is 6.09 Å². The van der Waals surface area contributed by atoms with Crippen LogP contribution in [0.15, 0.2) is 18.2 Å². The molecule has 5 rings (SSSR count). The molecular weight excluding hydrogens is 476 g/mol. The normalized spacial score (nSPS) is 23.0. The SMILES string of the molecule is CN(CCC1CC2(C1)CN(C(=O)OC(C)(C)C)C2)c1cccc2c1C(=O)N(C1CCC(=O)NC1=O)C2=O. The highest BCUT2D eigenvalue weighted by Crippen LogP contribution is 2.53. The predicted molar refractivity (Wildman–Crippen MR) is 134 cm³/mol. The fourth-order valence-electron chi connectivity index (χ4n) is 6.16. The van der Waals surface area contributed by atoms with Crippen LogP contribution in [0, 0.1) is 11.3 Å². The van der Waals surface area contributed by atoms with Crippen LogP contribution in [0.2, 0.25) is 0 Å². The van der Waals surface area contributed by atoms with E-state index in [0.717, 1.165) is 37.3 Å². The van der Waals surface area contributed by atoms with Gasteiger partial charge in [-0.15, -0.1) is 0 Å². The van der Waals surface area contributed by atoms with Crippen LogP contribution >= 0.6 is 0 Å². The van der Waals surface area contributed by atoms with Crippen molar-refractivity contribution < 1.29 is 28.7 Å². The first-order valence-corrected chi connectivity index (χ1v) is 12.9. The summed E-state index contributed by atoms with van der Waals surface area (Å²) in [5, 5.41) is 2.23. The Morgan fingerprint density at radius 2 is 1.84 bits per heavy atom. The number of piperidine rings is 1. The van der Waals surface area contributed by atoms with Crippen molar-refractivity contribution in [3.63, 3.8) is 0 Å². The molecule has 10 heteroatoms. The molecule has 3 fully saturated rings. The minimum Gasteiger partial charge on any atom is -0.444 e. The number of carbonyl (C=O) groups excluding carboxylic acids is 5. The average Bonchev–Trinajstić information content (AvgIpc) is 3.00. The van der Waals surface area contributed by atoms with Crippen LogP contribution < -0.4 is 10.2 Å². The maximum absolute atomic E-state index is 13.3. The topological polar surface area (TPSA) is 116 Å². The Morgan fingerprint density at radius 3 is 2.49 bits per heavy atom. The summed E-state index contributed by atoms with van der Waals surface area (Å²) in [4.78, 5) is 67.3. The van der Waals surface area contributed by atoms with Crippen LogP contribution in [0.1, 0.15) is 73.6 Å². The molecule has 3 heterocycles. The van der Waals surface area contributed by atoms with Gasteiger partial charge < -0.3 is 14.5 Å². The Bertz CT molecular complexity index is 1170. The van der Waals surface area contributed by atoms with Crippen LogP contribution in [0.4, 0.5) is 10.5 Å². The van der Waals surface area contributed by atoms with Gasteiger partial charge in [0.05, 0.1) is 16.8 Å². The summed E-state index contributed by atoms with van der Waals surface area (Å²) in [7, 11) is 1.91. The van der Waals surface area contributed by atoms with E-state index in [0.29, 0.717) is 29.3 Å². The van der Waals surface area contributed by atoms with E-state index in [2.05, 4.69) is 5.32 Å². The van der Waals surface area contributed by atoms with Crippen molar-refractivity contribution in [2.45, 2.75) is 64.5 Å². The molecule has 1 spiro atoms. The molecule has 0 bridgehead atoms. The summed E-state index contributed by atoms with van der Waals surface area (Å²) in [6, 6.07) is 4.21. The fourth-order valence-corrected chi connectivity index (χ4v) is 6.16. The summed E-state index contributed by atoms with van der Waals surface area (Å²) in [5.74, 6) is -1.45. The fraction of sp³-hybridized carbons (Fsp3) is 0.593. The molecule has 3 aliphatic heterocycles. The molecule has 10 nitrogen and oxygen atoms in total. The number of nitrogens with one attached hydrogen (secondary N) is 1. The van der Waals surface area contributed by atoms with Gasteiger partial charge in [-0.25, -0.2) is 4.79 Å². The number of hydrogen-bond donors (Lipinski definition) is 1. The second-order valence-electron chi connectivity index (χ2n) is 12.0. The lowest BCUT2D eigenvalue weighted by atomic mass is 9.57. The molecule has 1 aromatic carbocycles. The Morgan fingerprint density at radius 1 is 1.14 bits per heavy atom. The Balaban J connectivity index is 1.17. The number of amides is 5. The van der Waals surface area contributed by atoms with Crippen LogP contribution in [0.5, 0.6) is 0 Å². The molecule has 1 aromatic rings. The van der Waals surface area contributed by atoms with Gasteiger partial charge in [0.25, 0.3) is 11.8 Å². The summed E-state index contributed by atoms with van der Waals surface area (Å²) in [5.41, 5.74) is 0.989. The lowest BCUT2D eigenvalue weighted by molar-refractivity contribution is -0.136. The third kappa shape index (κ3) is 4.57. The van der Waals surface area contributed by atoms with Crippen LogP contribution in [0.3, 0.4) is 0 Å². The summed E-state index contributed by atoms with van der Waals surface area (Å²) in [6.07, 6.45) is 3.05. The van der Waals surface area contributed by atoms with Crippen LogP contribution in [-0.4, -0.2) is 77.8 Å². The first kappa shape index (κ1) is 25.2. The summed E-state index contributed by atoms with van der Waals surface area (Å²) in [6.45, 7) is 7.81. The molecule has 1 N–H and O–H groups in total. The highest BCUT2D eigenvalue weighted by Gasteiger charge is 2.54. The monoisotopic (exact) mass is 510 g/mol. The van der Waals surface area contributed by atoms with Gasteiger partial charge in [0.2, 0.25) is 11.8 Å². The van der Waals surface area contributed by atoms with Crippen molar-refractivity contribution >= 4 is 35.4 Å². The van der Waals surface area contributed by atoms with Crippen molar-refractivity contribution in [3.8, 4) is 0 Å². The largest absolute Gasteiger partial charge is 0.444 e. The number of ether oxygens (including phenoxy) is 1. The highest BCUT2D eigenvalue weighted by atomic mass is 16.6. The molecule has 1 atom stereocenters. The van der Waals surface area contributed by atoms with Gasteiger partial charge in [0.15, 0.2) is 0 Å². The van der Waals surface area contributed by atoms with E-state index >= 15 is 0 Å². The molecule has 0 radical (unpaired) electrons. The first-order chi connectivity index (χ1) is 17.4. The summed E-state index contributed by atoms with van der Waals surface area (Å²) >= 11 is 0.